The van der Waals surface area contributed by atoms with E-state index < -0.39 is 11.9 Å². The van der Waals surface area contributed by atoms with Crippen LogP contribution in [0.15, 0.2) is 10.5 Å². The Balaban J connectivity index is 3.43. The number of aryl methyl sites for hydroxylation is 1. The highest BCUT2D eigenvalue weighted by Crippen LogP contribution is 2.36. The van der Waals surface area contributed by atoms with Crippen LogP contribution in [0.3, 0.4) is 0 Å². The first-order valence-corrected chi connectivity index (χ1v) is 5.21. The molecule has 0 saturated heterocycles. The van der Waals surface area contributed by atoms with Crippen LogP contribution in [0.5, 0.6) is 5.75 Å². The van der Waals surface area contributed by atoms with E-state index in [9.17, 15) is 4.39 Å². The second-order valence-electron chi connectivity index (χ2n) is 3.23. The summed E-state index contributed by atoms with van der Waals surface area (Å²) in [5.41, 5.74) is 6.79. The van der Waals surface area contributed by atoms with Gasteiger partial charge in [-0.3, -0.25) is 0 Å². The Morgan fingerprint density at radius 2 is 2.27 bits per heavy atom. The number of hydrogen-bond acceptors (Lipinski definition) is 3. The number of aliphatic hydroxyl groups excluding tert-OH is 1. The highest BCUT2D eigenvalue weighted by Gasteiger charge is 2.20. The maximum absolute atomic E-state index is 13.4. The van der Waals surface area contributed by atoms with Gasteiger partial charge >= 0.3 is 0 Å². The molecule has 15 heavy (non-hydrogen) atoms. The van der Waals surface area contributed by atoms with Crippen molar-refractivity contribution in [1.82, 2.24) is 0 Å². The van der Waals surface area contributed by atoms with Crippen LogP contribution >= 0.6 is 15.9 Å². The third-order valence-corrected chi connectivity index (χ3v) is 2.97. The monoisotopic (exact) mass is 277 g/mol. The number of aliphatic hydroxyl groups is 1. The lowest BCUT2D eigenvalue weighted by Gasteiger charge is -2.18. The predicted molar refractivity (Wildman–Crippen MR) is 59.4 cm³/mol. The van der Waals surface area contributed by atoms with Gasteiger partial charge in [0.15, 0.2) is 0 Å². The molecule has 0 heterocycles. The number of rotatable bonds is 3. The van der Waals surface area contributed by atoms with Crippen LogP contribution in [-0.2, 0) is 0 Å². The average Bonchev–Trinajstić information content (AvgIpc) is 2.21. The summed E-state index contributed by atoms with van der Waals surface area (Å²) in [5, 5.41) is 8.99. The van der Waals surface area contributed by atoms with Gasteiger partial charge in [0.1, 0.15) is 11.6 Å². The number of hydrogen-bond donors (Lipinski definition) is 2. The van der Waals surface area contributed by atoms with Crippen molar-refractivity contribution in [1.29, 1.82) is 0 Å². The number of halogens is 2. The molecule has 0 aliphatic heterocycles. The van der Waals surface area contributed by atoms with Crippen LogP contribution in [0.4, 0.5) is 4.39 Å². The summed E-state index contributed by atoms with van der Waals surface area (Å²) >= 11 is 3.10. The van der Waals surface area contributed by atoms with Gasteiger partial charge in [-0.1, -0.05) is 0 Å². The van der Waals surface area contributed by atoms with Crippen LogP contribution in [0, 0.1) is 12.7 Å². The first kappa shape index (κ1) is 12.4. The van der Waals surface area contributed by atoms with E-state index in [0.29, 0.717) is 16.9 Å². The summed E-state index contributed by atoms with van der Waals surface area (Å²) in [7, 11) is 1.49. The minimum atomic E-state index is -0.663. The van der Waals surface area contributed by atoms with Gasteiger partial charge in [0.25, 0.3) is 0 Å². The molecule has 1 aromatic carbocycles. The van der Waals surface area contributed by atoms with E-state index in [0.717, 1.165) is 0 Å². The molecule has 0 saturated carbocycles. The van der Waals surface area contributed by atoms with Crippen molar-refractivity contribution in [2.75, 3.05) is 13.7 Å². The Morgan fingerprint density at radius 3 is 2.73 bits per heavy atom. The molecule has 0 aliphatic carbocycles. The van der Waals surface area contributed by atoms with Crippen molar-refractivity contribution in [3.63, 3.8) is 0 Å². The smallest absolute Gasteiger partial charge is 0.138 e. The number of nitrogens with two attached hydrogens (primary N) is 1. The second-order valence-corrected chi connectivity index (χ2v) is 4.02. The van der Waals surface area contributed by atoms with E-state index >= 15 is 0 Å². The molecule has 3 nitrogen and oxygen atoms in total. The maximum Gasteiger partial charge on any atom is 0.138 e. The van der Waals surface area contributed by atoms with Crippen LogP contribution in [-0.4, -0.2) is 18.8 Å². The van der Waals surface area contributed by atoms with Crippen molar-refractivity contribution in [3.8, 4) is 5.75 Å². The lowest BCUT2D eigenvalue weighted by Crippen LogP contribution is -2.17. The second kappa shape index (κ2) is 4.92. The minimum Gasteiger partial charge on any atom is -0.496 e. The van der Waals surface area contributed by atoms with Crippen LogP contribution in [0.2, 0.25) is 0 Å². The Bertz CT molecular complexity index is 371. The molecular weight excluding hydrogens is 265 g/mol. The van der Waals surface area contributed by atoms with Crippen molar-refractivity contribution < 1.29 is 14.2 Å². The standard InChI is InChI=1S/C10H13BrFNO2/c1-5-3-6(12)9(11)8(7(13)4-14)10(5)15-2/h3,7,14H,4,13H2,1-2H3. The van der Waals surface area contributed by atoms with Gasteiger partial charge in [0, 0.05) is 5.56 Å². The summed E-state index contributed by atoms with van der Waals surface area (Å²) in [5.74, 6) is 0.0945. The zero-order valence-electron chi connectivity index (χ0n) is 8.55. The van der Waals surface area contributed by atoms with Crippen molar-refractivity contribution in [2.24, 2.45) is 5.73 Å². The molecule has 0 aliphatic rings. The Morgan fingerprint density at radius 1 is 1.67 bits per heavy atom. The SMILES string of the molecule is COc1c(C)cc(F)c(Br)c1C(N)CO. The molecule has 1 rings (SSSR count). The van der Waals surface area contributed by atoms with E-state index in [2.05, 4.69) is 15.9 Å². The minimum absolute atomic E-state index is 0.242. The summed E-state index contributed by atoms with van der Waals surface area (Å²) in [6.07, 6.45) is 0. The summed E-state index contributed by atoms with van der Waals surface area (Å²) in [4.78, 5) is 0. The van der Waals surface area contributed by atoms with E-state index in [1.165, 1.54) is 13.2 Å². The fourth-order valence-corrected chi connectivity index (χ4v) is 2.04. The third kappa shape index (κ3) is 2.30. The zero-order chi connectivity index (χ0) is 11.6. The van der Waals surface area contributed by atoms with Crippen molar-refractivity contribution >= 4 is 15.9 Å². The molecular formula is C10H13BrFNO2. The van der Waals surface area contributed by atoms with Crippen LogP contribution < -0.4 is 10.5 Å². The predicted octanol–water partition coefficient (Wildman–Crippen LogP) is 1.90. The number of methoxy groups -OCH3 is 1. The Kier molecular flexibility index (Phi) is 4.07. The molecule has 3 N–H and O–H groups in total. The zero-order valence-corrected chi connectivity index (χ0v) is 10.1. The molecule has 0 amide bonds. The molecule has 0 fully saturated rings. The molecule has 0 aromatic heterocycles. The average molecular weight is 278 g/mol. The topological polar surface area (TPSA) is 55.5 Å². The Labute approximate surface area is 96.2 Å². The molecule has 1 atom stereocenters. The fraction of sp³-hybridized carbons (Fsp3) is 0.400. The molecule has 0 bridgehead atoms. The van der Waals surface area contributed by atoms with E-state index in [1.807, 2.05) is 0 Å². The van der Waals surface area contributed by atoms with Gasteiger partial charge < -0.3 is 15.6 Å². The van der Waals surface area contributed by atoms with Crippen LogP contribution in [0.25, 0.3) is 0 Å². The third-order valence-electron chi connectivity index (χ3n) is 2.16. The first-order chi connectivity index (χ1) is 7.02. The summed E-state index contributed by atoms with van der Waals surface area (Å²) in [6.45, 7) is 1.46. The highest BCUT2D eigenvalue weighted by atomic mass is 79.9. The van der Waals surface area contributed by atoms with Crippen molar-refractivity contribution in [3.05, 3.63) is 27.5 Å². The number of benzene rings is 1. The molecule has 5 heteroatoms. The number of ether oxygens (including phenoxy) is 1. The largest absolute Gasteiger partial charge is 0.496 e. The van der Waals surface area contributed by atoms with Gasteiger partial charge in [-0.2, -0.15) is 0 Å². The van der Waals surface area contributed by atoms with E-state index in [4.69, 9.17) is 15.6 Å². The molecule has 1 unspecified atom stereocenters. The molecule has 0 spiro atoms. The van der Waals surface area contributed by atoms with Gasteiger partial charge in [-0.05, 0) is 34.5 Å². The fourth-order valence-electron chi connectivity index (χ4n) is 1.45. The van der Waals surface area contributed by atoms with Gasteiger partial charge in [-0.25, -0.2) is 4.39 Å². The van der Waals surface area contributed by atoms with Crippen molar-refractivity contribution in [2.45, 2.75) is 13.0 Å². The maximum atomic E-state index is 13.4. The van der Waals surface area contributed by atoms with Gasteiger partial charge in [-0.15, -0.1) is 0 Å². The lowest BCUT2D eigenvalue weighted by atomic mass is 10.0. The van der Waals surface area contributed by atoms with E-state index in [-0.39, 0.29) is 11.1 Å². The Hall–Kier alpha value is -0.650. The molecule has 0 radical (unpaired) electrons. The van der Waals surface area contributed by atoms with E-state index in [1.54, 1.807) is 6.92 Å². The van der Waals surface area contributed by atoms with Gasteiger partial charge in [0.2, 0.25) is 0 Å². The quantitative estimate of drug-likeness (QED) is 0.887. The summed E-state index contributed by atoms with van der Waals surface area (Å²) < 4.78 is 18.8. The molecule has 1 aromatic rings. The summed E-state index contributed by atoms with van der Waals surface area (Å²) in [6, 6.07) is 0.694. The van der Waals surface area contributed by atoms with Crippen LogP contribution in [0.1, 0.15) is 17.2 Å². The highest BCUT2D eigenvalue weighted by molar-refractivity contribution is 9.10. The van der Waals surface area contributed by atoms with Gasteiger partial charge in [0.05, 0.1) is 24.2 Å². The first-order valence-electron chi connectivity index (χ1n) is 4.41. The molecule has 84 valence electrons. The normalized spacial score (nSPS) is 12.7. The lowest BCUT2D eigenvalue weighted by molar-refractivity contribution is 0.263.